The van der Waals surface area contributed by atoms with Gasteiger partial charge >= 0.3 is 5.97 Å². The molecular weight excluding hydrogens is 208 g/mol. The van der Waals surface area contributed by atoms with E-state index in [1.807, 2.05) is 13.8 Å². The summed E-state index contributed by atoms with van der Waals surface area (Å²) >= 11 is 4.36. The molecule has 0 rings (SSSR count). The number of carbonyl (C=O) groups is 1. The van der Waals surface area contributed by atoms with Crippen molar-refractivity contribution in [1.82, 2.24) is 0 Å². The van der Waals surface area contributed by atoms with E-state index in [9.17, 15) is 4.79 Å². The normalized spacial score (nSPS) is 11.5. The molecule has 0 aliphatic rings. The summed E-state index contributed by atoms with van der Waals surface area (Å²) in [4.78, 5) is 11.2. The molecule has 0 atom stereocenters. The topological polar surface area (TPSA) is 26.3 Å². The molecule has 2 nitrogen and oxygen atoms in total. The SMILES string of the molecule is CCCCCCC(=O)OCCC(C)(C)S. The Morgan fingerprint density at radius 1 is 1.27 bits per heavy atom. The number of carbonyl (C=O) groups excluding carboxylic acids is 1. The van der Waals surface area contributed by atoms with Crippen LogP contribution in [0.1, 0.15) is 59.3 Å². The van der Waals surface area contributed by atoms with Crippen molar-refractivity contribution in [2.75, 3.05) is 6.61 Å². The van der Waals surface area contributed by atoms with Crippen molar-refractivity contribution in [1.29, 1.82) is 0 Å². The van der Waals surface area contributed by atoms with E-state index in [0.717, 1.165) is 19.3 Å². The highest BCUT2D eigenvalue weighted by Crippen LogP contribution is 2.16. The lowest BCUT2D eigenvalue weighted by molar-refractivity contribution is -0.144. The van der Waals surface area contributed by atoms with Gasteiger partial charge in [0.25, 0.3) is 0 Å². The molecule has 0 aliphatic carbocycles. The summed E-state index contributed by atoms with van der Waals surface area (Å²) in [7, 11) is 0. The molecule has 0 heterocycles. The van der Waals surface area contributed by atoms with Crippen molar-refractivity contribution in [2.24, 2.45) is 0 Å². The Labute approximate surface area is 99.2 Å². The van der Waals surface area contributed by atoms with Crippen LogP contribution in [-0.2, 0) is 9.53 Å². The van der Waals surface area contributed by atoms with E-state index in [4.69, 9.17) is 4.74 Å². The van der Waals surface area contributed by atoms with Crippen LogP contribution in [0.25, 0.3) is 0 Å². The molecule has 3 heteroatoms. The van der Waals surface area contributed by atoms with E-state index in [1.54, 1.807) is 0 Å². The Morgan fingerprint density at radius 2 is 1.93 bits per heavy atom. The first kappa shape index (κ1) is 14.8. The van der Waals surface area contributed by atoms with Gasteiger partial charge in [0.1, 0.15) is 0 Å². The quantitative estimate of drug-likeness (QED) is 0.393. The Morgan fingerprint density at radius 3 is 2.47 bits per heavy atom. The van der Waals surface area contributed by atoms with Crippen LogP contribution in [-0.4, -0.2) is 17.3 Å². The molecule has 0 spiro atoms. The third-order valence-corrected chi connectivity index (χ3v) is 2.43. The van der Waals surface area contributed by atoms with Gasteiger partial charge in [-0.05, 0) is 12.8 Å². The highest BCUT2D eigenvalue weighted by Gasteiger charge is 2.12. The Balaban J connectivity index is 3.34. The van der Waals surface area contributed by atoms with E-state index >= 15 is 0 Å². The zero-order valence-electron chi connectivity index (χ0n) is 10.2. The van der Waals surface area contributed by atoms with Crippen molar-refractivity contribution in [3.05, 3.63) is 0 Å². The summed E-state index contributed by atoms with van der Waals surface area (Å²) in [6, 6.07) is 0. The minimum absolute atomic E-state index is 0.0531. The molecule has 0 saturated heterocycles. The van der Waals surface area contributed by atoms with E-state index in [1.165, 1.54) is 12.8 Å². The number of hydrogen-bond donors (Lipinski definition) is 1. The molecule has 0 aliphatic heterocycles. The standard InChI is InChI=1S/C12H24O2S/c1-4-5-6-7-8-11(13)14-10-9-12(2,3)15/h15H,4-10H2,1-3H3. The van der Waals surface area contributed by atoms with E-state index < -0.39 is 0 Å². The lowest BCUT2D eigenvalue weighted by atomic mass is 10.1. The maximum atomic E-state index is 11.2. The third kappa shape index (κ3) is 11.7. The Hall–Kier alpha value is -0.180. The second-order valence-electron chi connectivity index (χ2n) is 4.59. The maximum absolute atomic E-state index is 11.2. The number of esters is 1. The van der Waals surface area contributed by atoms with Gasteiger partial charge < -0.3 is 4.74 Å². The lowest BCUT2D eigenvalue weighted by Crippen LogP contribution is -2.16. The molecule has 90 valence electrons. The summed E-state index contributed by atoms with van der Waals surface area (Å²) in [5.41, 5.74) is 0. The van der Waals surface area contributed by atoms with Gasteiger partial charge in [0.2, 0.25) is 0 Å². The second-order valence-corrected chi connectivity index (χ2v) is 5.80. The van der Waals surface area contributed by atoms with Crippen LogP contribution in [0.5, 0.6) is 0 Å². The summed E-state index contributed by atoms with van der Waals surface area (Å²) in [6.45, 7) is 6.69. The molecule has 0 amide bonds. The molecule has 0 aromatic rings. The average Bonchev–Trinajstić information content (AvgIpc) is 2.10. The fourth-order valence-corrected chi connectivity index (χ4v) is 1.27. The van der Waals surface area contributed by atoms with Gasteiger partial charge in [-0.3, -0.25) is 4.79 Å². The van der Waals surface area contributed by atoms with Crippen LogP contribution in [0.3, 0.4) is 0 Å². The van der Waals surface area contributed by atoms with Gasteiger partial charge in [0.05, 0.1) is 6.61 Å². The molecular formula is C12H24O2S. The lowest BCUT2D eigenvalue weighted by Gasteiger charge is -2.16. The Bertz CT molecular complexity index is 173. The highest BCUT2D eigenvalue weighted by molar-refractivity contribution is 7.81. The van der Waals surface area contributed by atoms with Gasteiger partial charge in [-0.25, -0.2) is 0 Å². The van der Waals surface area contributed by atoms with Crippen molar-refractivity contribution >= 4 is 18.6 Å². The fourth-order valence-electron chi connectivity index (χ4n) is 1.18. The smallest absolute Gasteiger partial charge is 0.305 e. The zero-order chi connectivity index (χ0) is 11.7. The predicted molar refractivity (Wildman–Crippen MR) is 67.4 cm³/mol. The monoisotopic (exact) mass is 232 g/mol. The third-order valence-electron chi connectivity index (χ3n) is 2.21. The van der Waals surface area contributed by atoms with E-state index in [2.05, 4.69) is 19.6 Å². The van der Waals surface area contributed by atoms with Crippen LogP contribution in [0.15, 0.2) is 0 Å². The van der Waals surface area contributed by atoms with Crippen molar-refractivity contribution in [3.8, 4) is 0 Å². The summed E-state index contributed by atoms with van der Waals surface area (Å²) < 4.78 is 5.06. The Kier molecular flexibility index (Phi) is 7.93. The number of rotatable bonds is 8. The fraction of sp³-hybridized carbons (Fsp3) is 0.917. The molecule has 0 N–H and O–H groups in total. The van der Waals surface area contributed by atoms with Gasteiger partial charge in [-0.15, -0.1) is 0 Å². The van der Waals surface area contributed by atoms with Gasteiger partial charge in [-0.2, -0.15) is 12.6 Å². The van der Waals surface area contributed by atoms with Crippen LogP contribution in [0.2, 0.25) is 0 Å². The number of unbranched alkanes of at least 4 members (excludes halogenated alkanes) is 3. The number of ether oxygens (including phenoxy) is 1. The largest absolute Gasteiger partial charge is 0.466 e. The van der Waals surface area contributed by atoms with Crippen molar-refractivity contribution in [2.45, 2.75) is 64.0 Å². The van der Waals surface area contributed by atoms with Crippen molar-refractivity contribution in [3.63, 3.8) is 0 Å². The molecule has 0 unspecified atom stereocenters. The molecule has 0 bridgehead atoms. The van der Waals surface area contributed by atoms with E-state index in [-0.39, 0.29) is 10.7 Å². The van der Waals surface area contributed by atoms with Crippen molar-refractivity contribution < 1.29 is 9.53 Å². The number of thiol groups is 1. The van der Waals surface area contributed by atoms with Gasteiger partial charge in [0, 0.05) is 11.2 Å². The van der Waals surface area contributed by atoms with Crippen LogP contribution in [0.4, 0.5) is 0 Å². The summed E-state index contributed by atoms with van der Waals surface area (Å²) in [6.07, 6.45) is 5.85. The molecule has 0 saturated carbocycles. The van der Waals surface area contributed by atoms with Gasteiger partial charge in [0.15, 0.2) is 0 Å². The predicted octanol–water partition coefficient (Wildman–Crippen LogP) is 3.60. The van der Waals surface area contributed by atoms with Crippen LogP contribution >= 0.6 is 12.6 Å². The molecule has 0 radical (unpaired) electrons. The first-order valence-electron chi connectivity index (χ1n) is 5.83. The van der Waals surface area contributed by atoms with Crippen LogP contribution in [0, 0.1) is 0 Å². The van der Waals surface area contributed by atoms with Gasteiger partial charge in [-0.1, -0.05) is 40.0 Å². The minimum atomic E-state index is -0.0660. The molecule has 0 aromatic carbocycles. The average molecular weight is 232 g/mol. The minimum Gasteiger partial charge on any atom is -0.466 e. The summed E-state index contributed by atoms with van der Waals surface area (Å²) in [5, 5.41) is 0. The zero-order valence-corrected chi connectivity index (χ0v) is 11.1. The molecule has 0 aromatic heterocycles. The maximum Gasteiger partial charge on any atom is 0.305 e. The second kappa shape index (κ2) is 8.03. The first-order valence-corrected chi connectivity index (χ1v) is 6.28. The number of hydrogen-bond acceptors (Lipinski definition) is 3. The molecule has 0 fully saturated rings. The summed E-state index contributed by atoms with van der Waals surface area (Å²) in [5.74, 6) is -0.0660. The highest BCUT2D eigenvalue weighted by atomic mass is 32.1. The molecule has 15 heavy (non-hydrogen) atoms. The van der Waals surface area contributed by atoms with E-state index in [0.29, 0.717) is 13.0 Å². The first-order chi connectivity index (χ1) is 6.95. The van der Waals surface area contributed by atoms with Crippen LogP contribution < -0.4 is 0 Å².